The van der Waals surface area contributed by atoms with Crippen LogP contribution in [0.5, 0.6) is 5.75 Å². The van der Waals surface area contributed by atoms with Crippen molar-refractivity contribution in [1.29, 1.82) is 0 Å². The molecule has 0 fully saturated rings. The normalized spacial score (nSPS) is 11.5. The van der Waals surface area contributed by atoms with Crippen LogP contribution in [0.3, 0.4) is 0 Å². The molecule has 0 saturated heterocycles. The van der Waals surface area contributed by atoms with Crippen LogP contribution in [0.2, 0.25) is 0 Å². The maximum atomic E-state index is 12.2. The number of amides is 1. The van der Waals surface area contributed by atoms with E-state index in [1.165, 1.54) is 0 Å². The van der Waals surface area contributed by atoms with Crippen LogP contribution < -0.4 is 10.1 Å². The third kappa shape index (κ3) is 5.92. The number of hydrogen-bond donors (Lipinski definition) is 1. The molecule has 1 atom stereocenters. The van der Waals surface area contributed by atoms with Crippen LogP contribution in [0, 0.1) is 6.92 Å². The van der Waals surface area contributed by atoms with E-state index in [9.17, 15) is 9.59 Å². The molecule has 0 bridgehead atoms. The predicted molar refractivity (Wildman–Crippen MR) is 102 cm³/mol. The number of nitrogens with one attached hydrogen (secondary N) is 1. The fourth-order valence-electron chi connectivity index (χ4n) is 2.20. The summed E-state index contributed by atoms with van der Waals surface area (Å²) in [6.07, 6.45) is 1.18. The summed E-state index contributed by atoms with van der Waals surface area (Å²) in [4.78, 5) is 24.1. The van der Waals surface area contributed by atoms with E-state index >= 15 is 0 Å². The van der Waals surface area contributed by atoms with Crippen molar-refractivity contribution in [2.75, 3.05) is 11.9 Å². The Morgan fingerprint density at radius 1 is 1.04 bits per heavy atom. The van der Waals surface area contributed by atoms with Gasteiger partial charge >= 0.3 is 5.97 Å². The van der Waals surface area contributed by atoms with Crippen molar-refractivity contribution < 1.29 is 19.1 Å². The lowest BCUT2D eigenvalue weighted by Crippen LogP contribution is -2.30. The Hall–Kier alpha value is -2.82. The highest BCUT2D eigenvalue weighted by Gasteiger charge is 2.15. The second kappa shape index (κ2) is 9.61. The van der Waals surface area contributed by atoms with E-state index in [0.29, 0.717) is 23.6 Å². The second-order valence-electron chi connectivity index (χ2n) is 6.13. The Kier molecular flexibility index (Phi) is 7.21. The molecule has 2 rings (SSSR count). The van der Waals surface area contributed by atoms with Gasteiger partial charge in [-0.25, -0.2) is 4.79 Å². The van der Waals surface area contributed by atoms with Gasteiger partial charge in [-0.1, -0.05) is 31.0 Å². The van der Waals surface area contributed by atoms with Gasteiger partial charge in [0.1, 0.15) is 5.75 Å². The predicted octanol–water partition coefficient (Wildman–Crippen LogP) is 4.36. The standard InChI is InChI=1S/C21H25NO4/c1-4-5-14-25-21(24)17-8-10-18(11-9-17)22-20(23)16(3)26-19-12-6-15(2)7-13-19/h6-13,16H,4-5,14H2,1-3H3,(H,22,23). The van der Waals surface area contributed by atoms with E-state index in [1.54, 1.807) is 31.2 Å². The molecule has 0 radical (unpaired) electrons. The number of ether oxygens (including phenoxy) is 2. The number of carbonyl (C=O) groups is 2. The van der Waals surface area contributed by atoms with E-state index in [4.69, 9.17) is 9.47 Å². The zero-order chi connectivity index (χ0) is 18.9. The maximum absolute atomic E-state index is 12.2. The number of aryl methyl sites for hydroxylation is 1. The molecule has 0 aliphatic rings. The van der Waals surface area contributed by atoms with Crippen LogP contribution in [0.25, 0.3) is 0 Å². The van der Waals surface area contributed by atoms with Gasteiger partial charge in [0.05, 0.1) is 12.2 Å². The average Bonchev–Trinajstić information content (AvgIpc) is 2.64. The Morgan fingerprint density at radius 3 is 2.31 bits per heavy atom. The van der Waals surface area contributed by atoms with E-state index in [2.05, 4.69) is 5.32 Å². The third-order valence-electron chi connectivity index (χ3n) is 3.82. The Labute approximate surface area is 154 Å². The smallest absolute Gasteiger partial charge is 0.338 e. The third-order valence-corrected chi connectivity index (χ3v) is 3.82. The Balaban J connectivity index is 1.88. The van der Waals surface area contributed by atoms with Crippen molar-refractivity contribution in [1.82, 2.24) is 0 Å². The van der Waals surface area contributed by atoms with Gasteiger partial charge in [0, 0.05) is 5.69 Å². The summed E-state index contributed by atoms with van der Waals surface area (Å²) < 4.78 is 10.8. The fourth-order valence-corrected chi connectivity index (χ4v) is 2.20. The van der Waals surface area contributed by atoms with Crippen LogP contribution in [-0.4, -0.2) is 24.6 Å². The van der Waals surface area contributed by atoms with Crippen LogP contribution in [0.4, 0.5) is 5.69 Å². The van der Waals surface area contributed by atoms with Crippen molar-refractivity contribution >= 4 is 17.6 Å². The number of rotatable bonds is 8. The summed E-state index contributed by atoms with van der Waals surface area (Å²) in [5.41, 5.74) is 2.19. The van der Waals surface area contributed by atoms with Crippen LogP contribution >= 0.6 is 0 Å². The molecule has 2 aromatic rings. The van der Waals surface area contributed by atoms with Crippen LogP contribution in [0.1, 0.15) is 42.6 Å². The minimum atomic E-state index is -0.642. The minimum absolute atomic E-state index is 0.260. The van der Waals surface area contributed by atoms with Crippen LogP contribution in [-0.2, 0) is 9.53 Å². The van der Waals surface area contributed by atoms with Crippen molar-refractivity contribution in [3.63, 3.8) is 0 Å². The van der Waals surface area contributed by atoms with Gasteiger partial charge in [-0.3, -0.25) is 4.79 Å². The topological polar surface area (TPSA) is 64.6 Å². The summed E-state index contributed by atoms with van der Waals surface area (Å²) >= 11 is 0. The molecular weight excluding hydrogens is 330 g/mol. The van der Waals surface area contributed by atoms with Crippen molar-refractivity contribution in [2.45, 2.75) is 39.7 Å². The lowest BCUT2D eigenvalue weighted by atomic mass is 10.2. The first-order valence-electron chi connectivity index (χ1n) is 8.81. The molecule has 0 aliphatic carbocycles. The quantitative estimate of drug-likeness (QED) is 0.564. The Bertz CT molecular complexity index is 723. The van der Waals surface area contributed by atoms with Crippen molar-refractivity contribution in [3.8, 4) is 5.75 Å². The summed E-state index contributed by atoms with van der Waals surface area (Å²) in [5.74, 6) is 0.0275. The molecule has 1 amide bonds. The largest absolute Gasteiger partial charge is 0.481 e. The number of esters is 1. The molecule has 1 N–H and O–H groups in total. The number of benzene rings is 2. The van der Waals surface area contributed by atoms with E-state index in [1.807, 2.05) is 38.1 Å². The van der Waals surface area contributed by atoms with E-state index in [0.717, 1.165) is 18.4 Å². The SMILES string of the molecule is CCCCOC(=O)c1ccc(NC(=O)C(C)Oc2ccc(C)cc2)cc1. The second-order valence-corrected chi connectivity index (χ2v) is 6.13. The zero-order valence-electron chi connectivity index (χ0n) is 15.5. The molecule has 26 heavy (non-hydrogen) atoms. The molecule has 1 unspecified atom stereocenters. The van der Waals surface area contributed by atoms with E-state index < -0.39 is 6.10 Å². The summed E-state index contributed by atoms with van der Waals surface area (Å²) in [5, 5.41) is 2.78. The molecule has 0 aromatic heterocycles. The molecular formula is C21H25NO4. The highest BCUT2D eigenvalue weighted by molar-refractivity contribution is 5.95. The first kappa shape index (κ1) is 19.5. The number of carbonyl (C=O) groups excluding carboxylic acids is 2. The van der Waals surface area contributed by atoms with Gasteiger partial charge in [-0.2, -0.15) is 0 Å². The van der Waals surface area contributed by atoms with Gasteiger partial charge in [-0.15, -0.1) is 0 Å². The fraction of sp³-hybridized carbons (Fsp3) is 0.333. The molecule has 0 saturated carbocycles. The van der Waals surface area contributed by atoms with E-state index in [-0.39, 0.29) is 11.9 Å². The lowest BCUT2D eigenvalue weighted by molar-refractivity contribution is -0.122. The molecule has 0 heterocycles. The monoisotopic (exact) mass is 355 g/mol. The van der Waals surface area contributed by atoms with Gasteiger partial charge in [0.25, 0.3) is 5.91 Å². The molecule has 138 valence electrons. The summed E-state index contributed by atoms with van der Waals surface area (Å²) in [6, 6.07) is 14.1. The highest BCUT2D eigenvalue weighted by atomic mass is 16.5. The van der Waals surface area contributed by atoms with Crippen molar-refractivity contribution in [3.05, 3.63) is 59.7 Å². The summed E-state index contributed by atoms with van der Waals surface area (Å²) in [6.45, 7) is 6.13. The number of anilines is 1. The molecule has 0 spiro atoms. The first-order chi connectivity index (χ1) is 12.5. The number of hydrogen-bond acceptors (Lipinski definition) is 4. The number of unbranched alkanes of at least 4 members (excludes halogenated alkanes) is 1. The zero-order valence-corrected chi connectivity index (χ0v) is 15.5. The molecule has 2 aromatic carbocycles. The summed E-state index contributed by atoms with van der Waals surface area (Å²) in [7, 11) is 0. The highest BCUT2D eigenvalue weighted by Crippen LogP contribution is 2.15. The van der Waals surface area contributed by atoms with Crippen LogP contribution in [0.15, 0.2) is 48.5 Å². The average molecular weight is 355 g/mol. The molecule has 0 aliphatic heterocycles. The van der Waals surface area contributed by atoms with Gasteiger partial charge in [0.15, 0.2) is 6.10 Å². The van der Waals surface area contributed by atoms with Crippen molar-refractivity contribution in [2.24, 2.45) is 0 Å². The van der Waals surface area contributed by atoms with Gasteiger partial charge in [0.2, 0.25) is 0 Å². The maximum Gasteiger partial charge on any atom is 0.338 e. The first-order valence-corrected chi connectivity index (χ1v) is 8.81. The minimum Gasteiger partial charge on any atom is -0.481 e. The molecule has 5 heteroatoms. The van der Waals surface area contributed by atoms with Gasteiger partial charge in [-0.05, 0) is 56.7 Å². The molecule has 5 nitrogen and oxygen atoms in total. The van der Waals surface area contributed by atoms with Gasteiger partial charge < -0.3 is 14.8 Å². The lowest BCUT2D eigenvalue weighted by Gasteiger charge is -2.15. The Morgan fingerprint density at radius 2 is 1.69 bits per heavy atom.